The van der Waals surface area contributed by atoms with Crippen LogP contribution in [0.5, 0.6) is 0 Å². The molecule has 8 aromatic carbocycles. The molecule has 4 heteroatoms. The fourth-order valence-corrected chi connectivity index (χ4v) is 7.42. The molecule has 0 spiro atoms. The van der Waals surface area contributed by atoms with Gasteiger partial charge in [0.1, 0.15) is 11.2 Å². The van der Waals surface area contributed by atoms with Crippen LogP contribution in [0.3, 0.4) is 0 Å². The molecule has 0 atom stereocenters. The third-order valence-corrected chi connectivity index (χ3v) is 10.0. The van der Waals surface area contributed by atoms with Crippen LogP contribution < -0.4 is 4.90 Å². The highest BCUT2D eigenvalue weighted by molar-refractivity contribution is 6.16. The van der Waals surface area contributed by atoms with Gasteiger partial charge in [-0.1, -0.05) is 133 Å². The van der Waals surface area contributed by atoms with Gasteiger partial charge in [-0.3, -0.25) is 0 Å². The zero-order valence-corrected chi connectivity index (χ0v) is 29.3. The van der Waals surface area contributed by atoms with E-state index in [4.69, 9.17) is 14.4 Å². The molecule has 2 heterocycles. The maximum atomic E-state index is 6.73. The predicted molar refractivity (Wildman–Crippen MR) is 223 cm³/mol. The van der Waals surface area contributed by atoms with Crippen molar-refractivity contribution in [2.24, 2.45) is 0 Å². The second-order valence-corrected chi connectivity index (χ2v) is 13.4. The Morgan fingerprint density at radius 2 is 0.870 bits per heavy atom. The van der Waals surface area contributed by atoms with Crippen molar-refractivity contribution < 1.29 is 4.42 Å². The smallest absolute Gasteiger partial charge is 0.161 e. The summed E-state index contributed by atoms with van der Waals surface area (Å²) in [4.78, 5) is 12.8. The molecule has 0 amide bonds. The van der Waals surface area contributed by atoms with E-state index in [1.807, 2.05) is 48.5 Å². The average molecular weight is 692 g/mol. The number of anilines is 3. The average Bonchev–Trinajstić information content (AvgIpc) is 3.61. The monoisotopic (exact) mass is 691 g/mol. The highest BCUT2D eigenvalue weighted by Gasteiger charge is 2.20. The van der Waals surface area contributed by atoms with Gasteiger partial charge < -0.3 is 9.32 Å². The van der Waals surface area contributed by atoms with Gasteiger partial charge >= 0.3 is 0 Å². The van der Waals surface area contributed by atoms with E-state index >= 15 is 0 Å². The molecule has 0 saturated heterocycles. The van der Waals surface area contributed by atoms with Gasteiger partial charge in [0.2, 0.25) is 0 Å². The minimum atomic E-state index is 0.647. The largest absolute Gasteiger partial charge is 0.456 e. The fourth-order valence-electron chi connectivity index (χ4n) is 7.42. The van der Waals surface area contributed by atoms with E-state index in [-0.39, 0.29) is 0 Å². The Kier molecular flexibility index (Phi) is 7.77. The lowest BCUT2D eigenvalue weighted by Gasteiger charge is -2.25. The second-order valence-electron chi connectivity index (χ2n) is 13.4. The molecule has 0 unspecified atom stereocenters. The van der Waals surface area contributed by atoms with Crippen molar-refractivity contribution in [2.45, 2.75) is 0 Å². The normalized spacial score (nSPS) is 11.3. The molecule has 0 fully saturated rings. The van der Waals surface area contributed by atoms with Crippen LogP contribution in [-0.4, -0.2) is 9.97 Å². The zero-order valence-electron chi connectivity index (χ0n) is 29.3. The maximum Gasteiger partial charge on any atom is 0.161 e. The standard InChI is InChI=1S/C50H33N3O/c1-5-15-35(16-6-1)45-33-46(36-17-7-2-8-18-36)52-50(51-45)44-30-39(32-48-49(44)43-29-37-19-13-14-20-38(37)31-47(43)54-48)34-25-27-42(28-26-34)53(40-21-9-3-10-22-40)41-23-11-4-12-24-41/h1-33H. The van der Waals surface area contributed by atoms with Crippen LogP contribution in [0.1, 0.15) is 0 Å². The van der Waals surface area contributed by atoms with E-state index in [1.54, 1.807) is 0 Å². The Labute approximate surface area is 313 Å². The van der Waals surface area contributed by atoms with Gasteiger partial charge in [-0.25, -0.2) is 9.97 Å². The molecule has 0 aliphatic rings. The van der Waals surface area contributed by atoms with Crippen LogP contribution in [0.25, 0.3) is 77.7 Å². The van der Waals surface area contributed by atoms with Crippen LogP contribution in [-0.2, 0) is 0 Å². The lowest BCUT2D eigenvalue weighted by atomic mass is 9.96. The number of benzene rings is 8. The first-order chi connectivity index (χ1) is 26.7. The van der Waals surface area contributed by atoms with Crippen molar-refractivity contribution in [1.29, 1.82) is 0 Å². The molecule has 0 bridgehead atoms. The number of hydrogen-bond donors (Lipinski definition) is 0. The molecular weight excluding hydrogens is 659 g/mol. The zero-order chi connectivity index (χ0) is 35.8. The molecule has 0 N–H and O–H groups in total. The van der Waals surface area contributed by atoms with Crippen molar-refractivity contribution in [3.8, 4) is 45.0 Å². The minimum Gasteiger partial charge on any atom is -0.456 e. The van der Waals surface area contributed by atoms with E-state index in [0.29, 0.717) is 5.82 Å². The summed E-state index contributed by atoms with van der Waals surface area (Å²) in [5.74, 6) is 0.647. The molecule has 254 valence electrons. The van der Waals surface area contributed by atoms with E-state index in [9.17, 15) is 0 Å². The first kappa shape index (κ1) is 31.4. The summed E-state index contributed by atoms with van der Waals surface area (Å²) < 4.78 is 6.73. The number of aromatic nitrogens is 2. The van der Waals surface area contributed by atoms with Gasteiger partial charge in [-0.05, 0) is 88.6 Å². The minimum absolute atomic E-state index is 0.647. The third kappa shape index (κ3) is 5.76. The predicted octanol–water partition coefficient (Wildman–Crippen LogP) is 13.7. The molecular formula is C50H33N3O. The molecule has 2 aromatic heterocycles. The van der Waals surface area contributed by atoms with Gasteiger partial charge in [-0.15, -0.1) is 0 Å². The van der Waals surface area contributed by atoms with Crippen LogP contribution in [0.4, 0.5) is 17.1 Å². The van der Waals surface area contributed by atoms with Gasteiger partial charge in [0.05, 0.1) is 11.4 Å². The Morgan fingerprint density at radius 3 is 1.44 bits per heavy atom. The van der Waals surface area contributed by atoms with Crippen molar-refractivity contribution in [3.05, 3.63) is 200 Å². The summed E-state index contributed by atoms with van der Waals surface area (Å²) in [7, 11) is 0. The summed E-state index contributed by atoms with van der Waals surface area (Å²) >= 11 is 0. The Bertz CT molecular complexity index is 2810. The third-order valence-electron chi connectivity index (χ3n) is 10.0. The Hall–Kier alpha value is -7.30. The Morgan fingerprint density at radius 1 is 0.370 bits per heavy atom. The highest BCUT2D eigenvalue weighted by atomic mass is 16.3. The summed E-state index contributed by atoms with van der Waals surface area (Å²) in [5, 5.41) is 4.33. The molecule has 0 saturated carbocycles. The number of hydrogen-bond acceptors (Lipinski definition) is 4. The quantitative estimate of drug-likeness (QED) is 0.167. The van der Waals surface area contributed by atoms with Gasteiger partial charge in [0, 0.05) is 44.5 Å². The van der Waals surface area contributed by atoms with Gasteiger partial charge in [0.15, 0.2) is 5.82 Å². The lowest BCUT2D eigenvalue weighted by Crippen LogP contribution is -2.09. The fraction of sp³-hybridized carbons (Fsp3) is 0. The van der Waals surface area contributed by atoms with Crippen molar-refractivity contribution in [2.75, 3.05) is 4.90 Å². The lowest BCUT2D eigenvalue weighted by molar-refractivity contribution is 0.669. The van der Waals surface area contributed by atoms with E-state index < -0.39 is 0 Å². The molecule has 0 aliphatic carbocycles. The number of para-hydroxylation sites is 2. The SMILES string of the molecule is c1ccc(-c2cc(-c3ccccc3)nc(-c3cc(-c4ccc(N(c5ccccc5)c5ccccc5)cc4)cc4oc5cc6ccccc6cc5c34)n2)cc1. The van der Waals surface area contributed by atoms with Crippen molar-refractivity contribution in [1.82, 2.24) is 9.97 Å². The molecule has 10 rings (SSSR count). The molecule has 4 nitrogen and oxygen atoms in total. The van der Waals surface area contributed by atoms with Crippen molar-refractivity contribution >= 4 is 49.8 Å². The van der Waals surface area contributed by atoms with Crippen molar-refractivity contribution in [3.63, 3.8) is 0 Å². The second kappa shape index (κ2) is 13.4. The summed E-state index contributed by atoms with van der Waals surface area (Å²) in [5.41, 5.74) is 11.7. The molecule has 54 heavy (non-hydrogen) atoms. The molecule has 10 aromatic rings. The first-order valence-electron chi connectivity index (χ1n) is 18.2. The summed E-state index contributed by atoms with van der Waals surface area (Å²) in [6, 6.07) is 69.6. The van der Waals surface area contributed by atoms with Crippen LogP contribution in [0, 0.1) is 0 Å². The first-order valence-corrected chi connectivity index (χ1v) is 18.2. The van der Waals surface area contributed by atoms with Gasteiger partial charge in [0.25, 0.3) is 0 Å². The van der Waals surface area contributed by atoms with E-state index in [2.05, 4.69) is 157 Å². The van der Waals surface area contributed by atoms with Crippen LogP contribution >= 0.6 is 0 Å². The summed E-state index contributed by atoms with van der Waals surface area (Å²) in [6.07, 6.45) is 0. The number of fused-ring (bicyclic) bond motifs is 4. The number of furan rings is 1. The number of rotatable bonds is 7. The van der Waals surface area contributed by atoms with Crippen LogP contribution in [0.2, 0.25) is 0 Å². The highest BCUT2D eigenvalue weighted by Crippen LogP contribution is 2.42. The molecule has 0 aliphatic heterocycles. The van der Waals surface area contributed by atoms with E-state index in [1.165, 1.54) is 0 Å². The maximum absolute atomic E-state index is 6.73. The van der Waals surface area contributed by atoms with Crippen LogP contribution in [0.15, 0.2) is 205 Å². The van der Waals surface area contributed by atoms with E-state index in [0.717, 1.165) is 89.0 Å². The topological polar surface area (TPSA) is 42.2 Å². The molecule has 0 radical (unpaired) electrons. The number of nitrogens with zero attached hydrogens (tertiary/aromatic N) is 3. The summed E-state index contributed by atoms with van der Waals surface area (Å²) in [6.45, 7) is 0. The van der Waals surface area contributed by atoms with Gasteiger partial charge in [-0.2, -0.15) is 0 Å². The Balaban J connectivity index is 1.19.